The van der Waals surface area contributed by atoms with E-state index in [9.17, 15) is 0 Å². The highest BCUT2D eigenvalue weighted by atomic mass is 79.9. The first-order valence-corrected chi connectivity index (χ1v) is 2.72. The highest BCUT2D eigenvalue weighted by Gasteiger charge is 1.89. The van der Waals surface area contributed by atoms with Gasteiger partial charge in [-0.3, -0.25) is 0 Å². The molecule has 0 saturated carbocycles. The van der Waals surface area contributed by atoms with Gasteiger partial charge in [0.15, 0.2) is 0 Å². The number of halogens is 1. The summed E-state index contributed by atoms with van der Waals surface area (Å²) >= 11 is 0. The van der Waals surface area contributed by atoms with Gasteiger partial charge in [-0.15, -0.1) is 0 Å². The van der Waals surface area contributed by atoms with Crippen molar-refractivity contribution in [1.82, 2.24) is 0 Å². The van der Waals surface area contributed by atoms with Crippen molar-refractivity contribution in [3.63, 3.8) is 0 Å². The molecule has 0 aromatic rings. The second kappa shape index (κ2) is 10.0. The van der Waals surface area contributed by atoms with E-state index < -0.39 is 0 Å². The predicted octanol–water partition coefficient (Wildman–Crippen LogP) is -0.966. The van der Waals surface area contributed by atoms with E-state index in [-0.39, 0.29) is 17.0 Å². The summed E-state index contributed by atoms with van der Waals surface area (Å²) in [7, 11) is 0. The zero-order valence-corrected chi connectivity index (χ0v) is 6.69. The molecule has 0 aliphatic rings. The van der Waals surface area contributed by atoms with Crippen LogP contribution >= 0.6 is 0 Å². The topological polar surface area (TPSA) is 28.1 Å². The first-order chi connectivity index (χ1) is 3.41. The van der Waals surface area contributed by atoms with Gasteiger partial charge in [-0.25, -0.2) is 0 Å². The van der Waals surface area contributed by atoms with Crippen molar-refractivity contribution < 1.29 is 17.0 Å². The second-order valence-corrected chi connectivity index (χ2v) is 1.57. The van der Waals surface area contributed by atoms with E-state index in [2.05, 4.69) is 11.9 Å². The van der Waals surface area contributed by atoms with Gasteiger partial charge in [-0.1, -0.05) is 13.3 Å². The summed E-state index contributed by atoms with van der Waals surface area (Å²) in [5.41, 5.74) is 0. The first kappa shape index (κ1) is 10.8. The molecule has 0 heterocycles. The van der Waals surface area contributed by atoms with Gasteiger partial charge >= 0.3 is 6.54 Å². The van der Waals surface area contributed by atoms with E-state index in [1.165, 1.54) is 12.8 Å². The third kappa shape index (κ3) is 9.31. The Labute approximate surface area is 60.7 Å². The van der Waals surface area contributed by atoms with Crippen LogP contribution < -0.4 is 17.0 Å². The Bertz CT molecular complexity index is 67.3. The lowest BCUT2D eigenvalue weighted by molar-refractivity contribution is -0.00000186. The molecule has 0 radical (unpaired) electrons. The van der Waals surface area contributed by atoms with E-state index in [0.717, 1.165) is 6.42 Å². The van der Waals surface area contributed by atoms with Crippen LogP contribution in [0.15, 0.2) is 0 Å². The van der Waals surface area contributed by atoms with Crippen LogP contribution in [-0.4, -0.2) is 6.54 Å². The van der Waals surface area contributed by atoms with Gasteiger partial charge < -0.3 is 17.0 Å². The van der Waals surface area contributed by atoms with Gasteiger partial charge in [-0.2, -0.15) is 0 Å². The molecular weight excluding hydrogens is 168 g/mol. The molecule has 0 unspecified atom stereocenters. The van der Waals surface area contributed by atoms with Gasteiger partial charge in [0.05, 0.1) is 0 Å². The van der Waals surface area contributed by atoms with Gasteiger partial charge in [0, 0.05) is 6.42 Å². The summed E-state index contributed by atoms with van der Waals surface area (Å²) in [6.45, 7) is 2.73. The average molecular weight is 179 g/mol. The highest BCUT2D eigenvalue weighted by molar-refractivity contribution is 4.51. The van der Waals surface area contributed by atoms with Gasteiger partial charge in [0.25, 0.3) is 0 Å². The van der Waals surface area contributed by atoms with Crippen molar-refractivity contribution >= 4 is 0 Å². The van der Waals surface area contributed by atoms with E-state index in [0.29, 0.717) is 6.54 Å². The van der Waals surface area contributed by atoms with Crippen molar-refractivity contribution in [2.24, 2.45) is 0 Å². The molecule has 0 aliphatic heterocycles. The van der Waals surface area contributed by atoms with Crippen molar-refractivity contribution in [2.45, 2.75) is 26.2 Å². The van der Waals surface area contributed by atoms with Crippen molar-refractivity contribution in [1.29, 1.82) is 5.39 Å². The van der Waals surface area contributed by atoms with Crippen LogP contribution in [0.3, 0.4) is 0 Å². The molecule has 0 aromatic heterocycles. The Morgan fingerprint density at radius 1 is 1.38 bits per heavy atom. The van der Waals surface area contributed by atoms with Gasteiger partial charge in [0.1, 0.15) is 4.98 Å². The van der Waals surface area contributed by atoms with Crippen LogP contribution in [0, 0.1) is 5.39 Å². The molecule has 0 bridgehead atoms. The van der Waals surface area contributed by atoms with E-state index in [1.807, 2.05) is 0 Å². The lowest BCUT2D eigenvalue weighted by Gasteiger charge is -1.78. The number of rotatable bonds is 3. The molecular formula is C5H11BrN2. The summed E-state index contributed by atoms with van der Waals surface area (Å²) in [6, 6.07) is 0. The molecule has 0 saturated heterocycles. The minimum Gasteiger partial charge on any atom is -1.00 e. The van der Waals surface area contributed by atoms with Crippen molar-refractivity contribution in [3.8, 4) is 0 Å². The molecule has 48 valence electrons. The number of hydrogen-bond acceptors (Lipinski definition) is 1. The van der Waals surface area contributed by atoms with Crippen molar-refractivity contribution in [2.75, 3.05) is 6.54 Å². The van der Waals surface area contributed by atoms with E-state index in [1.54, 1.807) is 0 Å². The van der Waals surface area contributed by atoms with Crippen LogP contribution in [0.4, 0.5) is 0 Å². The minimum atomic E-state index is 0. The second-order valence-electron chi connectivity index (χ2n) is 1.57. The molecule has 8 heavy (non-hydrogen) atoms. The molecule has 0 spiro atoms. The fraction of sp³-hybridized carbons (Fsp3) is 1.00. The smallest absolute Gasteiger partial charge is 0.305 e. The van der Waals surface area contributed by atoms with Crippen LogP contribution in [-0.2, 0) is 0 Å². The SMILES string of the molecule is CCCCC[N+]#N.[Br-]. The maximum atomic E-state index is 7.92. The summed E-state index contributed by atoms with van der Waals surface area (Å²) in [5.74, 6) is 0. The normalized spacial score (nSPS) is 7.00. The number of nitrogens with zero attached hydrogens (tertiary/aromatic N) is 2. The molecule has 0 fully saturated rings. The first-order valence-electron chi connectivity index (χ1n) is 2.72. The van der Waals surface area contributed by atoms with Crippen LogP contribution in [0.5, 0.6) is 0 Å². The third-order valence-electron chi connectivity index (χ3n) is 0.862. The lowest BCUT2D eigenvalue weighted by Crippen LogP contribution is -3.00. The van der Waals surface area contributed by atoms with Crippen LogP contribution in [0.25, 0.3) is 4.98 Å². The average Bonchev–Trinajstić information content (AvgIpc) is 1.69. The third-order valence-corrected chi connectivity index (χ3v) is 0.862. The standard InChI is InChI=1S/C5H11N2.BrH/c1-2-3-4-5-7-6;/h2-5H2,1H3;1H/q+1;/p-1. The molecule has 0 aromatic carbocycles. The fourth-order valence-electron chi connectivity index (χ4n) is 0.433. The fourth-order valence-corrected chi connectivity index (χ4v) is 0.433. The van der Waals surface area contributed by atoms with Crippen LogP contribution in [0.1, 0.15) is 26.2 Å². The molecule has 2 nitrogen and oxygen atoms in total. The lowest BCUT2D eigenvalue weighted by atomic mass is 10.3. The Morgan fingerprint density at radius 2 is 2.00 bits per heavy atom. The quantitative estimate of drug-likeness (QED) is 0.405. The molecule has 0 amide bonds. The maximum absolute atomic E-state index is 7.92. The van der Waals surface area contributed by atoms with E-state index >= 15 is 0 Å². The zero-order chi connectivity index (χ0) is 5.54. The van der Waals surface area contributed by atoms with Crippen LogP contribution in [0.2, 0.25) is 0 Å². The molecule has 0 rings (SSSR count). The molecule has 0 aliphatic carbocycles. The van der Waals surface area contributed by atoms with E-state index in [4.69, 9.17) is 5.39 Å². The van der Waals surface area contributed by atoms with Crippen molar-refractivity contribution in [3.05, 3.63) is 4.98 Å². The number of unbranched alkanes of at least 4 members (excludes halogenated alkanes) is 2. The molecule has 3 heteroatoms. The Balaban J connectivity index is 0. The predicted molar refractivity (Wildman–Crippen MR) is 29.5 cm³/mol. The summed E-state index contributed by atoms with van der Waals surface area (Å²) < 4.78 is 0. The highest BCUT2D eigenvalue weighted by Crippen LogP contribution is 1.92. The summed E-state index contributed by atoms with van der Waals surface area (Å²) in [4.78, 5) is 2.97. The monoisotopic (exact) mass is 178 g/mol. The number of hydrogen-bond donors (Lipinski definition) is 0. The van der Waals surface area contributed by atoms with Gasteiger partial charge in [0.2, 0.25) is 5.39 Å². The molecule has 0 N–H and O–H groups in total. The Morgan fingerprint density at radius 3 is 2.38 bits per heavy atom. The largest absolute Gasteiger partial charge is 1.00 e. The summed E-state index contributed by atoms with van der Waals surface area (Å²) in [6.07, 6.45) is 3.38. The minimum absolute atomic E-state index is 0. The van der Waals surface area contributed by atoms with Gasteiger partial charge in [-0.05, 0) is 6.42 Å². The maximum Gasteiger partial charge on any atom is 0.305 e. The zero-order valence-electron chi connectivity index (χ0n) is 5.10. The summed E-state index contributed by atoms with van der Waals surface area (Å²) in [5, 5.41) is 7.92. The molecule has 0 atom stereocenters. The Hall–Kier alpha value is -0.100. The Kier molecular flexibility index (Phi) is 13.5. The number of diazo groups is 1.